The number of carbonyl (C=O) groups is 1. The quantitative estimate of drug-likeness (QED) is 0.852. The molecule has 0 spiro atoms. The van der Waals surface area contributed by atoms with Crippen LogP contribution >= 0.6 is 0 Å². The minimum absolute atomic E-state index is 0.186. The van der Waals surface area contributed by atoms with E-state index in [0.717, 1.165) is 0 Å². The number of terminal acetylenes is 1. The maximum Gasteiger partial charge on any atom is 0.227 e. The number of benzene rings is 1. The Morgan fingerprint density at radius 1 is 1.52 bits per heavy atom. The molecule has 5 nitrogen and oxygen atoms in total. The molecule has 0 atom stereocenters. The first-order valence-electron chi connectivity index (χ1n) is 6.39. The van der Waals surface area contributed by atoms with Crippen LogP contribution in [0.5, 0.6) is 0 Å². The van der Waals surface area contributed by atoms with E-state index in [9.17, 15) is 9.18 Å². The molecule has 2 rings (SSSR count). The van der Waals surface area contributed by atoms with Crippen LogP contribution < -0.4 is 5.32 Å². The highest BCUT2D eigenvalue weighted by molar-refractivity contribution is 5.76. The van der Waals surface area contributed by atoms with Crippen LogP contribution in [0.25, 0.3) is 11.4 Å². The van der Waals surface area contributed by atoms with Gasteiger partial charge in [-0.05, 0) is 18.6 Å². The second-order valence-electron chi connectivity index (χ2n) is 4.46. The average Bonchev–Trinajstić information content (AvgIpc) is 2.94. The lowest BCUT2D eigenvalue weighted by Crippen LogP contribution is -2.23. The summed E-state index contributed by atoms with van der Waals surface area (Å²) in [5.74, 6) is 2.42. The third-order valence-electron chi connectivity index (χ3n) is 2.85. The van der Waals surface area contributed by atoms with Crippen LogP contribution in [0.2, 0.25) is 0 Å². The van der Waals surface area contributed by atoms with Crippen LogP contribution in [-0.2, 0) is 11.2 Å². The van der Waals surface area contributed by atoms with Crippen molar-refractivity contribution in [1.29, 1.82) is 0 Å². The number of nitrogens with one attached hydrogen (secondary N) is 1. The lowest BCUT2D eigenvalue weighted by Gasteiger charge is -1.98. The third kappa shape index (κ3) is 3.89. The number of amides is 1. The van der Waals surface area contributed by atoms with Gasteiger partial charge in [0.2, 0.25) is 17.6 Å². The van der Waals surface area contributed by atoms with Crippen LogP contribution in [0.1, 0.15) is 17.9 Å². The van der Waals surface area contributed by atoms with Crippen molar-refractivity contribution >= 4 is 5.91 Å². The predicted molar refractivity (Wildman–Crippen MR) is 74.6 cm³/mol. The normalized spacial score (nSPS) is 10.1. The second-order valence-corrected chi connectivity index (χ2v) is 4.46. The summed E-state index contributed by atoms with van der Waals surface area (Å²) >= 11 is 0. The van der Waals surface area contributed by atoms with Gasteiger partial charge in [-0.2, -0.15) is 4.98 Å². The molecule has 0 bridgehead atoms. The Bertz CT molecular complexity index is 688. The molecule has 21 heavy (non-hydrogen) atoms. The summed E-state index contributed by atoms with van der Waals surface area (Å²) in [6, 6.07) is 4.71. The lowest BCUT2D eigenvalue weighted by atomic mass is 10.1. The zero-order valence-electron chi connectivity index (χ0n) is 11.5. The van der Waals surface area contributed by atoms with Gasteiger partial charge in [0.25, 0.3) is 0 Å². The molecule has 6 heteroatoms. The predicted octanol–water partition coefficient (Wildman–Crippen LogP) is 1.87. The average molecular weight is 287 g/mol. The molecule has 0 aliphatic rings. The SMILES string of the molecule is C#CCNC(=O)CCc1nc(-c2ccc(C)c(F)c2)no1. The second kappa shape index (κ2) is 6.66. The van der Waals surface area contributed by atoms with Crippen molar-refractivity contribution in [2.24, 2.45) is 0 Å². The largest absolute Gasteiger partial charge is 0.345 e. The van der Waals surface area contributed by atoms with Gasteiger partial charge in [0.05, 0.1) is 6.54 Å². The van der Waals surface area contributed by atoms with E-state index in [1.165, 1.54) is 6.07 Å². The van der Waals surface area contributed by atoms with E-state index in [2.05, 4.69) is 21.4 Å². The maximum atomic E-state index is 13.5. The summed E-state index contributed by atoms with van der Waals surface area (Å²) in [5, 5.41) is 6.32. The first-order chi connectivity index (χ1) is 10.1. The Kier molecular flexibility index (Phi) is 4.67. The molecular weight excluding hydrogens is 273 g/mol. The number of rotatable bonds is 5. The van der Waals surface area contributed by atoms with Gasteiger partial charge in [-0.1, -0.05) is 23.2 Å². The number of nitrogens with zero attached hydrogens (tertiary/aromatic N) is 2. The number of hydrogen-bond donors (Lipinski definition) is 1. The molecule has 0 saturated heterocycles. The van der Waals surface area contributed by atoms with Crippen LogP contribution in [0.3, 0.4) is 0 Å². The summed E-state index contributed by atoms with van der Waals surface area (Å²) in [6.07, 6.45) is 5.54. The van der Waals surface area contributed by atoms with Crippen LogP contribution in [-0.4, -0.2) is 22.6 Å². The topological polar surface area (TPSA) is 68.0 Å². The molecular formula is C15H14FN3O2. The van der Waals surface area contributed by atoms with Gasteiger partial charge in [0.15, 0.2) is 0 Å². The summed E-state index contributed by atoms with van der Waals surface area (Å²) in [4.78, 5) is 15.5. The van der Waals surface area contributed by atoms with Gasteiger partial charge in [-0.3, -0.25) is 4.79 Å². The number of hydrogen-bond acceptors (Lipinski definition) is 4. The molecule has 1 amide bonds. The Morgan fingerprint density at radius 2 is 2.33 bits per heavy atom. The van der Waals surface area contributed by atoms with Gasteiger partial charge in [0.1, 0.15) is 5.82 Å². The first-order valence-corrected chi connectivity index (χ1v) is 6.39. The van der Waals surface area contributed by atoms with E-state index >= 15 is 0 Å². The number of aryl methyl sites for hydroxylation is 2. The van der Waals surface area contributed by atoms with E-state index in [4.69, 9.17) is 10.9 Å². The lowest BCUT2D eigenvalue weighted by molar-refractivity contribution is -0.120. The minimum Gasteiger partial charge on any atom is -0.345 e. The Hall–Kier alpha value is -2.68. The van der Waals surface area contributed by atoms with E-state index in [-0.39, 0.29) is 24.7 Å². The molecule has 0 saturated carbocycles. The molecule has 1 aromatic carbocycles. The van der Waals surface area contributed by atoms with Gasteiger partial charge in [-0.25, -0.2) is 4.39 Å². The molecule has 0 aliphatic carbocycles. The molecule has 0 radical (unpaired) electrons. The summed E-state index contributed by atoms with van der Waals surface area (Å²) in [7, 11) is 0. The number of aromatic nitrogens is 2. The monoisotopic (exact) mass is 287 g/mol. The summed E-state index contributed by atoms with van der Waals surface area (Å²) in [5.41, 5.74) is 1.08. The van der Waals surface area contributed by atoms with E-state index in [1.54, 1.807) is 19.1 Å². The van der Waals surface area contributed by atoms with Gasteiger partial charge >= 0.3 is 0 Å². The zero-order chi connectivity index (χ0) is 15.2. The molecule has 0 fully saturated rings. The number of carbonyl (C=O) groups excluding carboxylic acids is 1. The highest BCUT2D eigenvalue weighted by Gasteiger charge is 2.11. The first kappa shape index (κ1) is 14.7. The molecule has 1 N–H and O–H groups in total. The smallest absolute Gasteiger partial charge is 0.227 e. The Balaban J connectivity index is 2.00. The van der Waals surface area contributed by atoms with Gasteiger partial charge < -0.3 is 9.84 Å². The van der Waals surface area contributed by atoms with Crippen molar-refractivity contribution in [1.82, 2.24) is 15.5 Å². The van der Waals surface area contributed by atoms with Crippen molar-refractivity contribution in [2.45, 2.75) is 19.8 Å². The summed E-state index contributed by atoms with van der Waals surface area (Å²) < 4.78 is 18.5. The maximum absolute atomic E-state index is 13.5. The van der Waals surface area contributed by atoms with Gasteiger partial charge in [0, 0.05) is 18.4 Å². The molecule has 0 unspecified atom stereocenters. The third-order valence-corrected chi connectivity index (χ3v) is 2.85. The van der Waals surface area contributed by atoms with Crippen LogP contribution in [0.4, 0.5) is 4.39 Å². The van der Waals surface area contributed by atoms with Crippen molar-refractivity contribution in [2.75, 3.05) is 6.54 Å². The standard InChI is InChI=1S/C15H14FN3O2/c1-3-8-17-13(20)6-7-14-18-15(19-21-14)11-5-4-10(2)12(16)9-11/h1,4-5,9H,6-8H2,2H3,(H,17,20). The van der Waals surface area contributed by atoms with Crippen molar-refractivity contribution in [3.63, 3.8) is 0 Å². The molecule has 1 aromatic heterocycles. The molecule has 2 aromatic rings. The van der Waals surface area contributed by atoms with Crippen LogP contribution in [0.15, 0.2) is 22.7 Å². The fourth-order valence-corrected chi connectivity index (χ4v) is 1.66. The molecule has 0 aliphatic heterocycles. The van der Waals surface area contributed by atoms with Crippen molar-refractivity contribution < 1.29 is 13.7 Å². The molecule has 108 valence electrons. The number of halogens is 1. The van der Waals surface area contributed by atoms with Crippen LogP contribution in [0, 0.1) is 25.1 Å². The summed E-state index contributed by atoms with van der Waals surface area (Å²) in [6.45, 7) is 1.87. The van der Waals surface area contributed by atoms with E-state index in [0.29, 0.717) is 29.3 Å². The fraction of sp³-hybridized carbons (Fsp3) is 0.267. The fourth-order valence-electron chi connectivity index (χ4n) is 1.66. The van der Waals surface area contributed by atoms with E-state index < -0.39 is 0 Å². The minimum atomic E-state index is -0.326. The highest BCUT2D eigenvalue weighted by atomic mass is 19.1. The Morgan fingerprint density at radius 3 is 3.05 bits per heavy atom. The van der Waals surface area contributed by atoms with Crippen molar-refractivity contribution in [3.8, 4) is 23.7 Å². The zero-order valence-corrected chi connectivity index (χ0v) is 11.5. The highest BCUT2D eigenvalue weighted by Crippen LogP contribution is 2.19. The van der Waals surface area contributed by atoms with E-state index in [1.807, 2.05) is 0 Å². The van der Waals surface area contributed by atoms with Gasteiger partial charge in [-0.15, -0.1) is 6.42 Å². The molecule has 1 heterocycles. The van der Waals surface area contributed by atoms with Crippen molar-refractivity contribution in [3.05, 3.63) is 35.5 Å². The Labute approximate surface area is 121 Å².